The summed E-state index contributed by atoms with van der Waals surface area (Å²) < 4.78 is 12.4. The first-order chi connectivity index (χ1) is 14.0. The highest BCUT2D eigenvalue weighted by atomic mass is 16.5. The maximum Gasteiger partial charge on any atom is 0.280 e. The van der Waals surface area contributed by atoms with Crippen molar-refractivity contribution in [1.82, 2.24) is 19.5 Å². The molecule has 4 N–H and O–H groups in total. The van der Waals surface area contributed by atoms with E-state index in [2.05, 4.69) is 20.3 Å². The molecule has 1 aromatic carbocycles. The van der Waals surface area contributed by atoms with Gasteiger partial charge in [-0.3, -0.25) is 24.5 Å². The molecule has 2 aromatic heterocycles. The number of nitrogens with zero attached hydrogens (tertiary/aromatic N) is 3. The van der Waals surface area contributed by atoms with Gasteiger partial charge < -0.3 is 19.7 Å². The highest BCUT2D eigenvalue weighted by Crippen LogP contribution is 2.30. The van der Waals surface area contributed by atoms with Crippen molar-refractivity contribution >= 4 is 23.0 Å². The number of aromatic amines is 1. The number of ether oxygens (including phenoxy) is 2. The second-order valence-corrected chi connectivity index (χ2v) is 6.50. The fraction of sp³-hybridized carbons (Fsp3) is 0.333. The number of aliphatic hydroxyl groups is 2. The summed E-state index contributed by atoms with van der Waals surface area (Å²) in [6.45, 7) is -0.595. The first-order valence-corrected chi connectivity index (χ1v) is 8.94. The van der Waals surface area contributed by atoms with Crippen molar-refractivity contribution in [3.63, 3.8) is 0 Å². The number of rotatable bonds is 6. The highest BCUT2D eigenvalue weighted by Gasteiger charge is 2.35. The second kappa shape index (κ2) is 7.99. The topological polar surface area (TPSA) is 152 Å². The summed E-state index contributed by atoms with van der Waals surface area (Å²) >= 11 is 0. The number of fused-ring (bicyclic) bond motifs is 1. The summed E-state index contributed by atoms with van der Waals surface area (Å²) in [5, 5.41) is 21.7. The Morgan fingerprint density at radius 3 is 2.90 bits per heavy atom. The molecular formula is C18H19N5O6. The second-order valence-electron chi connectivity index (χ2n) is 6.50. The van der Waals surface area contributed by atoms with Crippen molar-refractivity contribution in [3.8, 4) is 5.75 Å². The van der Waals surface area contributed by atoms with Gasteiger partial charge in [0.1, 0.15) is 18.1 Å². The average molecular weight is 401 g/mol. The largest absolute Gasteiger partial charge is 0.484 e. The van der Waals surface area contributed by atoms with Gasteiger partial charge in [0, 0.05) is 6.42 Å². The monoisotopic (exact) mass is 401 g/mol. The third-order valence-corrected chi connectivity index (χ3v) is 4.50. The number of imidazole rings is 1. The summed E-state index contributed by atoms with van der Waals surface area (Å²) in [6.07, 6.45) is -0.648. The van der Waals surface area contributed by atoms with Gasteiger partial charge in [-0.25, -0.2) is 4.98 Å². The Labute approximate surface area is 163 Å². The quantitative estimate of drug-likeness (QED) is 0.442. The molecule has 1 aliphatic rings. The lowest BCUT2D eigenvalue weighted by atomic mass is 10.2. The van der Waals surface area contributed by atoms with Crippen molar-refractivity contribution in [1.29, 1.82) is 0 Å². The molecular weight excluding hydrogens is 382 g/mol. The molecule has 1 fully saturated rings. The van der Waals surface area contributed by atoms with E-state index in [0.29, 0.717) is 5.75 Å². The van der Waals surface area contributed by atoms with Gasteiger partial charge in [-0.2, -0.15) is 4.98 Å². The minimum atomic E-state index is -0.848. The molecule has 3 aromatic rings. The Hall–Kier alpha value is -3.28. The van der Waals surface area contributed by atoms with Crippen molar-refractivity contribution in [2.24, 2.45) is 0 Å². The van der Waals surface area contributed by atoms with Gasteiger partial charge in [0.05, 0.1) is 19.0 Å². The molecule has 0 aliphatic carbocycles. The Morgan fingerprint density at radius 1 is 1.38 bits per heavy atom. The third-order valence-electron chi connectivity index (χ3n) is 4.50. The molecule has 0 saturated carbocycles. The number of hydrogen-bond donors (Lipinski definition) is 4. The Kier molecular flexibility index (Phi) is 5.25. The van der Waals surface area contributed by atoms with Crippen LogP contribution in [0.2, 0.25) is 0 Å². The zero-order valence-electron chi connectivity index (χ0n) is 15.2. The number of carbonyl (C=O) groups excluding carboxylic acids is 1. The molecule has 0 radical (unpaired) electrons. The molecule has 3 heterocycles. The SMILES string of the molecule is O=C(COc1ccccc1)Nc1nc2c(ncn2C2CC(O)C(CO)O2)c(=O)[nH]1. The first kappa shape index (κ1) is 19.1. The molecule has 3 atom stereocenters. The van der Waals surface area contributed by atoms with E-state index in [1.807, 2.05) is 6.07 Å². The van der Waals surface area contributed by atoms with Gasteiger partial charge in [-0.05, 0) is 12.1 Å². The number of amides is 1. The standard InChI is InChI=1S/C18H19N5O6/c24-7-12-11(25)6-14(29-12)23-9-19-15-16(23)21-18(22-17(15)27)20-13(26)8-28-10-4-2-1-3-5-10/h1-5,9,11-12,14,24-25H,6-8H2,(H2,20,21,22,26,27). The van der Waals surface area contributed by atoms with Gasteiger partial charge in [-0.15, -0.1) is 0 Å². The fourth-order valence-electron chi connectivity index (χ4n) is 3.08. The first-order valence-electron chi connectivity index (χ1n) is 8.94. The van der Waals surface area contributed by atoms with Gasteiger partial charge in [-0.1, -0.05) is 18.2 Å². The minimum absolute atomic E-state index is 0.0640. The third kappa shape index (κ3) is 3.97. The zero-order valence-corrected chi connectivity index (χ0v) is 15.2. The van der Waals surface area contributed by atoms with Crippen LogP contribution in [0, 0.1) is 0 Å². The van der Waals surface area contributed by atoms with E-state index >= 15 is 0 Å². The fourth-order valence-corrected chi connectivity index (χ4v) is 3.08. The summed E-state index contributed by atoms with van der Waals surface area (Å²) in [7, 11) is 0. The minimum Gasteiger partial charge on any atom is -0.484 e. The van der Waals surface area contributed by atoms with E-state index in [-0.39, 0.29) is 36.7 Å². The summed E-state index contributed by atoms with van der Waals surface area (Å²) in [6, 6.07) is 8.83. The maximum absolute atomic E-state index is 12.3. The van der Waals surface area contributed by atoms with Crippen LogP contribution in [0.4, 0.5) is 5.95 Å². The van der Waals surface area contributed by atoms with Gasteiger partial charge >= 0.3 is 0 Å². The number of hydrogen-bond acceptors (Lipinski definition) is 8. The molecule has 152 valence electrons. The predicted octanol–water partition coefficient (Wildman–Crippen LogP) is -0.222. The van der Waals surface area contributed by atoms with Crippen molar-refractivity contribution < 1.29 is 24.5 Å². The summed E-state index contributed by atoms with van der Waals surface area (Å²) in [5.41, 5.74) is -0.289. The lowest BCUT2D eigenvalue weighted by Gasteiger charge is -2.14. The van der Waals surface area contributed by atoms with Crippen LogP contribution in [0.3, 0.4) is 0 Å². The molecule has 4 rings (SSSR count). The van der Waals surface area contributed by atoms with E-state index in [1.54, 1.807) is 24.3 Å². The number of para-hydroxylation sites is 1. The van der Waals surface area contributed by atoms with Crippen LogP contribution >= 0.6 is 0 Å². The Morgan fingerprint density at radius 2 is 2.17 bits per heavy atom. The van der Waals surface area contributed by atoms with Crippen LogP contribution in [-0.2, 0) is 9.53 Å². The lowest BCUT2D eigenvalue weighted by Crippen LogP contribution is -2.24. The molecule has 11 heteroatoms. The Bertz CT molecular complexity index is 1070. The van der Waals surface area contributed by atoms with Crippen LogP contribution < -0.4 is 15.6 Å². The van der Waals surface area contributed by atoms with Gasteiger partial charge in [0.2, 0.25) is 5.95 Å². The van der Waals surface area contributed by atoms with Crippen LogP contribution in [0.25, 0.3) is 11.2 Å². The molecule has 11 nitrogen and oxygen atoms in total. The van der Waals surface area contributed by atoms with E-state index in [0.717, 1.165) is 0 Å². The predicted molar refractivity (Wildman–Crippen MR) is 100 cm³/mol. The molecule has 1 amide bonds. The van der Waals surface area contributed by atoms with Crippen LogP contribution in [0.15, 0.2) is 41.5 Å². The zero-order chi connectivity index (χ0) is 20.4. The van der Waals surface area contributed by atoms with E-state index < -0.39 is 29.9 Å². The number of aromatic nitrogens is 4. The number of benzene rings is 1. The van der Waals surface area contributed by atoms with Crippen molar-refractivity contribution in [2.45, 2.75) is 24.9 Å². The van der Waals surface area contributed by atoms with Gasteiger partial charge in [0.15, 0.2) is 17.8 Å². The van der Waals surface area contributed by atoms with E-state index in [9.17, 15) is 19.8 Å². The number of nitrogens with one attached hydrogen (secondary N) is 2. The number of aliphatic hydroxyl groups excluding tert-OH is 2. The molecule has 29 heavy (non-hydrogen) atoms. The van der Waals surface area contributed by atoms with Crippen LogP contribution in [0.1, 0.15) is 12.6 Å². The molecule has 1 saturated heterocycles. The smallest absolute Gasteiger partial charge is 0.280 e. The summed E-state index contributed by atoms with van der Waals surface area (Å²) in [5.74, 6) is -0.0357. The molecule has 3 unspecified atom stereocenters. The maximum atomic E-state index is 12.3. The van der Waals surface area contributed by atoms with Crippen LogP contribution in [-0.4, -0.2) is 61.1 Å². The average Bonchev–Trinajstić information content (AvgIpc) is 3.30. The van der Waals surface area contributed by atoms with Crippen molar-refractivity contribution in [2.75, 3.05) is 18.5 Å². The lowest BCUT2D eigenvalue weighted by molar-refractivity contribution is -0.118. The van der Waals surface area contributed by atoms with E-state index in [1.165, 1.54) is 10.9 Å². The molecule has 0 spiro atoms. The number of carbonyl (C=O) groups is 1. The molecule has 0 bridgehead atoms. The summed E-state index contributed by atoms with van der Waals surface area (Å²) in [4.78, 5) is 35.1. The highest BCUT2D eigenvalue weighted by molar-refractivity contribution is 5.90. The molecule has 1 aliphatic heterocycles. The number of anilines is 1. The van der Waals surface area contributed by atoms with Crippen molar-refractivity contribution in [3.05, 3.63) is 47.0 Å². The van der Waals surface area contributed by atoms with Crippen LogP contribution in [0.5, 0.6) is 5.75 Å². The van der Waals surface area contributed by atoms with Gasteiger partial charge in [0.25, 0.3) is 11.5 Å². The van der Waals surface area contributed by atoms with E-state index in [4.69, 9.17) is 9.47 Å². The normalized spacial score (nSPS) is 21.4. The number of H-pyrrole nitrogens is 1. The Balaban J connectivity index is 1.52.